The van der Waals surface area contributed by atoms with E-state index in [9.17, 15) is 9.18 Å². The molecule has 0 spiro atoms. The average molecular weight is 283 g/mol. The summed E-state index contributed by atoms with van der Waals surface area (Å²) in [4.78, 5) is 13.2. The third-order valence-corrected chi connectivity index (χ3v) is 3.58. The molecular formula is C12H10FNO2S2. The van der Waals surface area contributed by atoms with Crippen molar-refractivity contribution in [1.82, 2.24) is 0 Å². The standard InChI is InChI=1S/C12H10FNO2S2/c1-16-10-4-7(13)2-3-9(10)14-12(15)11-5-8(17)6-18-11/h2-6,17H,1H3,(H,14,15). The number of thiol groups is 1. The highest BCUT2D eigenvalue weighted by molar-refractivity contribution is 7.80. The number of carbonyl (C=O) groups excluding carboxylic acids is 1. The first-order chi connectivity index (χ1) is 8.60. The van der Waals surface area contributed by atoms with E-state index in [-0.39, 0.29) is 11.7 Å². The Hall–Kier alpha value is -1.53. The van der Waals surface area contributed by atoms with Crippen molar-refractivity contribution in [2.24, 2.45) is 0 Å². The summed E-state index contributed by atoms with van der Waals surface area (Å²) >= 11 is 5.42. The van der Waals surface area contributed by atoms with Gasteiger partial charge in [0.05, 0.1) is 17.7 Å². The predicted molar refractivity (Wildman–Crippen MR) is 72.5 cm³/mol. The van der Waals surface area contributed by atoms with Gasteiger partial charge in [-0.05, 0) is 18.2 Å². The number of methoxy groups -OCH3 is 1. The number of benzene rings is 1. The molecule has 18 heavy (non-hydrogen) atoms. The zero-order chi connectivity index (χ0) is 13.1. The molecule has 0 saturated heterocycles. The Morgan fingerprint density at radius 2 is 2.22 bits per heavy atom. The highest BCUT2D eigenvalue weighted by atomic mass is 32.1. The summed E-state index contributed by atoms with van der Waals surface area (Å²) in [5, 5.41) is 4.43. The summed E-state index contributed by atoms with van der Waals surface area (Å²) in [5.74, 6) is -0.408. The molecule has 94 valence electrons. The van der Waals surface area contributed by atoms with E-state index in [1.807, 2.05) is 0 Å². The fraction of sp³-hybridized carbons (Fsp3) is 0.0833. The maximum Gasteiger partial charge on any atom is 0.265 e. The van der Waals surface area contributed by atoms with Crippen LogP contribution < -0.4 is 10.1 Å². The van der Waals surface area contributed by atoms with Gasteiger partial charge >= 0.3 is 0 Å². The van der Waals surface area contributed by atoms with Crippen molar-refractivity contribution in [2.75, 3.05) is 12.4 Å². The molecule has 0 aliphatic heterocycles. The van der Waals surface area contributed by atoms with E-state index in [1.165, 1.54) is 36.6 Å². The molecule has 1 aromatic carbocycles. The quantitative estimate of drug-likeness (QED) is 0.847. The normalized spacial score (nSPS) is 10.2. The van der Waals surface area contributed by atoms with Gasteiger partial charge in [-0.2, -0.15) is 0 Å². The molecule has 0 unspecified atom stereocenters. The minimum absolute atomic E-state index is 0.273. The lowest BCUT2D eigenvalue weighted by atomic mass is 10.2. The summed E-state index contributed by atoms with van der Waals surface area (Å²) in [6, 6.07) is 5.60. The van der Waals surface area contributed by atoms with Crippen LogP contribution in [0.5, 0.6) is 5.75 Å². The maximum atomic E-state index is 13.0. The van der Waals surface area contributed by atoms with E-state index < -0.39 is 5.82 Å². The summed E-state index contributed by atoms with van der Waals surface area (Å²) in [6.45, 7) is 0. The second-order valence-corrected chi connectivity index (χ2v) is 4.90. The Morgan fingerprint density at radius 3 is 2.83 bits per heavy atom. The van der Waals surface area contributed by atoms with E-state index in [4.69, 9.17) is 4.74 Å². The molecule has 1 aromatic heterocycles. The molecule has 0 aliphatic rings. The van der Waals surface area contributed by atoms with E-state index in [1.54, 1.807) is 11.4 Å². The topological polar surface area (TPSA) is 38.3 Å². The minimum Gasteiger partial charge on any atom is -0.494 e. The van der Waals surface area contributed by atoms with Crippen LogP contribution in [0.4, 0.5) is 10.1 Å². The fourth-order valence-corrected chi connectivity index (χ4v) is 2.44. The second kappa shape index (κ2) is 5.41. The van der Waals surface area contributed by atoms with Crippen LogP contribution in [-0.2, 0) is 0 Å². The third-order valence-electron chi connectivity index (χ3n) is 2.22. The average Bonchev–Trinajstić information content (AvgIpc) is 2.78. The Balaban J connectivity index is 2.21. The monoisotopic (exact) mass is 283 g/mol. The highest BCUT2D eigenvalue weighted by Crippen LogP contribution is 2.26. The van der Waals surface area contributed by atoms with Crippen molar-refractivity contribution in [2.45, 2.75) is 4.90 Å². The van der Waals surface area contributed by atoms with Gasteiger partial charge in [0.2, 0.25) is 0 Å². The number of anilines is 1. The first kappa shape index (κ1) is 12.9. The molecule has 0 saturated carbocycles. The number of carbonyl (C=O) groups is 1. The van der Waals surface area contributed by atoms with E-state index in [0.29, 0.717) is 10.6 Å². The molecule has 2 rings (SSSR count). The Morgan fingerprint density at radius 1 is 1.44 bits per heavy atom. The molecule has 1 N–H and O–H groups in total. The minimum atomic E-state index is -0.418. The molecule has 3 nitrogen and oxygen atoms in total. The maximum absolute atomic E-state index is 13.0. The number of amides is 1. The summed E-state index contributed by atoms with van der Waals surface area (Å²) in [5.41, 5.74) is 0.429. The van der Waals surface area contributed by atoms with Crippen molar-refractivity contribution in [3.63, 3.8) is 0 Å². The molecule has 2 aromatic rings. The van der Waals surface area contributed by atoms with Crippen LogP contribution in [0.15, 0.2) is 34.5 Å². The Bertz CT molecular complexity index is 583. The van der Waals surface area contributed by atoms with Crippen LogP contribution in [0, 0.1) is 5.82 Å². The van der Waals surface area contributed by atoms with Gasteiger partial charge in [0.15, 0.2) is 0 Å². The lowest BCUT2D eigenvalue weighted by Crippen LogP contribution is -2.11. The summed E-state index contributed by atoms with van der Waals surface area (Å²) in [7, 11) is 1.42. The van der Waals surface area contributed by atoms with Crippen LogP contribution in [0.25, 0.3) is 0 Å². The van der Waals surface area contributed by atoms with Gasteiger partial charge in [-0.3, -0.25) is 4.79 Å². The van der Waals surface area contributed by atoms with Gasteiger partial charge in [-0.15, -0.1) is 24.0 Å². The summed E-state index contributed by atoms with van der Waals surface area (Å²) in [6.07, 6.45) is 0. The van der Waals surface area contributed by atoms with Crippen molar-refractivity contribution in [3.8, 4) is 5.75 Å². The first-order valence-electron chi connectivity index (χ1n) is 5.02. The molecule has 1 amide bonds. The van der Waals surface area contributed by atoms with Crippen molar-refractivity contribution >= 4 is 35.6 Å². The van der Waals surface area contributed by atoms with Crippen LogP contribution in [0.3, 0.4) is 0 Å². The zero-order valence-electron chi connectivity index (χ0n) is 9.44. The highest BCUT2D eigenvalue weighted by Gasteiger charge is 2.12. The molecule has 0 atom stereocenters. The third kappa shape index (κ3) is 2.83. The number of halogens is 1. The van der Waals surface area contributed by atoms with Gasteiger partial charge in [-0.1, -0.05) is 0 Å². The zero-order valence-corrected chi connectivity index (χ0v) is 11.1. The van der Waals surface area contributed by atoms with Crippen molar-refractivity contribution in [3.05, 3.63) is 40.3 Å². The molecule has 0 fully saturated rings. The molecular weight excluding hydrogens is 273 g/mol. The van der Waals surface area contributed by atoms with Crippen LogP contribution in [0.1, 0.15) is 9.67 Å². The van der Waals surface area contributed by atoms with Crippen LogP contribution >= 0.6 is 24.0 Å². The number of thiophene rings is 1. The molecule has 0 aliphatic carbocycles. The SMILES string of the molecule is COc1cc(F)ccc1NC(=O)c1cc(S)cs1. The number of hydrogen-bond acceptors (Lipinski definition) is 4. The van der Waals surface area contributed by atoms with Gasteiger partial charge in [-0.25, -0.2) is 4.39 Å². The lowest BCUT2D eigenvalue weighted by Gasteiger charge is -2.09. The van der Waals surface area contributed by atoms with Gasteiger partial charge in [0.25, 0.3) is 5.91 Å². The molecule has 1 heterocycles. The number of hydrogen-bond donors (Lipinski definition) is 2. The lowest BCUT2D eigenvalue weighted by molar-refractivity contribution is 0.103. The summed E-state index contributed by atoms with van der Waals surface area (Å²) < 4.78 is 18.0. The van der Waals surface area contributed by atoms with Gasteiger partial charge in [0.1, 0.15) is 11.6 Å². The van der Waals surface area contributed by atoms with E-state index in [0.717, 1.165) is 4.90 Å². The van der Waals surface area contributed by atoms with Crippen molar-refractivity contribution < 1.29 is 13.9 Å². The number of rotatable bonds is 3. The Kier molecular flexibility index (Phi) is 3.88. The van der Waals surface area contributed by atoms with E-state index >= 15 is 0 Å². The second-order valence-electron chi connectivity index (χ2n) is 3.47. The Labute approximate surface area is 113 Å². The molecule has 6 heteroatoms. The van der Waals surface area contributed by atoms with Crippen LogP contribution in [-0.4, -0.2) is 13.0 Å². The fourth-order valence-electron chi connectivity index (χ4n) is 1.40. The molecule has 0 radical (unpaired) electrons. The van der Waals surface area contributed by atoms with Crippen molar-refractivity contribution in [1.29, 1.82) is 0 Å². The van der Waals surface area contributed by atoms with Gasteiger partial charge in [0, 0.05) is 16.3 Å². The first-order valence-corrected chi connectivity index (χ1v) is 6.35. The van der Waals surface area contributed by atoms with E-state index in [2.05, 4.69) is 17.9 Å². The van der Waals surface area contributed by atoms with Crippen LogP contribution in [0.2, 0.25) is 0 Å². The largest absolute Gasteiger partial charge is 0.494 e. The predicted octanol–water partition coefficient (Wildman–Crippen LogP) is 3.44. The smallest absolute Gasteiger partial charge is 0.265 e. The molecule has 0 bridgehead atoms. The number of nitrogens with one attached hydrogen (secondary N) is 1. The van der Waals surface area contributed by atoms with Gasteiger partial charge < -0.3 is 10.1 Å². The number of ether oxygens (including phenoxy) is 1.